The van der Waals surface area contributed by atoms with Gasteiger partial charge in [-0.05, 0) is 69.8 Å². The number of anilines is 1. The summed E-state index contributed by atoms with van der Waals surface area (Å²) in [6, 6.07) is 32.2. The highest BCUT2D eigenvalue weighted by Gasteiger charge is 2.48. The molecule has 43 heavy (non-hydrogen) atoms. The average Bonchev–Trinajstić information content (AvgIpc) is 3.29. The van der Waals surface area contributed by atoms with Crippen molar-refractivity contribution in [1.29, 1.82) is 0 Å². The molecule has 4 nitrogen and oxygen atoms in total. The Labute approximate surface area is 244 Å². The van der Waals surface area contributed by atoms with E-state index in [-0.39, 0.29) is 22.9 Å². The van der Waals surface area contributed by atoms with Gasteiger partial charge < -0.3 is 10.1 Å². The third kappa shape index (κ3) is 3.57. The summed E-state index contributed by atoms with van der Waals surface area (Å²) in [6.45, 7) is 0. The molecule has 208 valence electrons. The van der Waals surface area contributed by atoms with Crippen LogP contribution in [0.1, 0.15) is 54.1 Å². The van der Waals surface area contributed by atoms with Crippen molar-refractivity contribution in [2.45, 2.75) is 11.8 Å². The predicted octanol–water partition coefficient (Wildman–Crippen LogP) is 8.14. The van der Waals surface area contributed by atoms with E-state index in [9.17, 15) is 22.8 Å². The lowest BCUT2D eigenvalue weighted by molar-refractivity contribution is -0.274. The van der Waals surface area contributed by atoms with Crippen LogP contribution in [0, 0.1) is 0 Å². The van der Waals surface area contributed by atoms with E-state index in [0.717, 1.165) is 27.8 Å². The molecule has 8 rings (SSSR count). The number of rotatable bonds is 2. The number of ketones is 2. The Morgan fingerprint density at radius 2 is 1.14 bits per heavy atom. The molecule has 1 spiro atoms. The maximum Gasteiger partial charge on any atom is 0.573 e. The number of halogens is 3. The number of carbonyl (C=O) groups is 2. The van der Waals surface area contributed by atoms with Crippen LogP contribution in [0.15, 0.2) is 115 Å². The lowest BCUT2D eigenvalue weighted by Gasteiger charge is -2.38. The zero-order valence-electron chi connectivity index (χ0n) is 22.3. The van der Waals surface area contributed by atoms with Gasteiger partial charge in [-0.1, -0.05) is 78.9 Å². The number of hydrogen-bond donors (Lipinski definition) is 1. The number of hydrogen-bond acceptors (Lipinski definition) is 4. The van der Waals surface area contributed by atoms with Gasteiger partial charge in [-0.3, -0.25) is 9.59 Å². The van der Waals surface area contributed by atoms with Crippen LogP contribution in [0.3, 0.4) is 0 Å². The van der Waals surface area contributed by atoms with E-state index < -0.39 is 11.8 Å². The van der Waals surface area contributed by atoms with Gasteiger partial charge >= 0.3 is 6.36 Å². The monoisotopic (exact) mass is 571 g/mol. The molecule has 0 amide bonds. The number of ether oxygens (including phenoxy) is 1. The van der Waals surface area contributed by atoms with Crippen LogP contribution in [0.2, 0.25) is 0 Å². The van der Waals surface area contributed by atoms with E-state index in [2.05, 4.69) is 40.4 Å². The first-order valence-corrected chi connectivity index (χ1v) is 13.7. The van der Waals surface area contributed by atoms with Gasteiger partial charge in [-0.2, -0.15) is 0 Å². The first kappa shape index (κ1) is 25.3. The minimum atomic E-state index is -4.81. The van der Waals surface area contributed by atoms with Gasteiger partial charge in [0, 0.05) is 22.4 Å². The van der Waals surface area contributed by atoms with Gasteiger partial charge in [0.2, 0.25) is 0 Å². The predicted molar refractivity (Wildman–Crippen MR) is 156 cm³/mol. The highest BCUT2D eigenvalue weighted by Crippen LogP contribution is 2.58. The summed E-state index contributed by atoms with van der Waals surface area (Å²) in [5.41, 5.74) is 7.02. The van der Waals surface area contributed by atoms with E-state index in [1.54, 1.807) is 42.5 Å². The second-order valence-corrected chi connectivity index (χ2v) is 10.8. The molecule has 2 aliphatic carbocycles. The number of fused-ring (bicyclic) bond motifs is 10. The largest absolute Gasteiger partial charge is 0.573 e. The summed E-state index contributed by atoms with van der Waals surface area (Å²) in [6.07, 6.45) is -2.75. The van der Waals surface area contributed by atoms with E-state index >= 15 is 0 Å². The standard InChI is InChI=1S/C36H20F3NO3/c37-36(38,39)43-21-15-13-20(14-16-21)30-19-35(27-11-5-3-7-22(27)23-8-4-6-12-28(23)35)29-18-17-26-31(32(29)40-30)34(42)25-10-2-1-9-24(25)33(26)41/h1-19,40H. The Morgan fingerprint density at radius 3 is 1.74 bits per heavy atom. The summed E-state index contributed by atoms with van der Waals surface area (Å²) < 4.78 is 42.7. The molecule has 1 aliphatic heterocycles. The number of allylic oxidation sites excluding steroid dienone is 1. The van der Waals surface area contributed by atoms with Crippen molar-refractivity contribution in [3.8, 4) is 16.9 Å². The van der Waals surface area contributed by atoms with Crippen LogP contribution in [0.25, 0.3) is 16.8 Å². The fourth-order valence-electron chi connectivity index (χ4n) is 6.82. The van der Waals surface area contributed by atoms with Crippen LogP contribution in [0.4, 0.5) is 18.9 Å². The molecule has 5 aromatic rings. The summed E-state index contributed by atoms with van der Waals surface area (Å²) in [5, 5.41) is 3.43. The molecule has 1 heterocycles. The second kappa shape index (κ2) is 8.79. The van der Waals surface area contributed by atoms with Gasteiger partial charge in [0.05, 0.1) is 16.7 Å². The maximum absolute atomic E-state index is 14.1. The summed E-state index contributed by atoms with van der Waals surface area (Å²) >= 11 is 0. The van der Waals surface area contributed by atoms with E-state index in [4.69, 9.17) is 0 Å². The lowest BCUT2D eigenvalue weighted by atomic mass is 9.67. The Kier molecular flexibility index (Phi) is 5.17. The Bertz CT molecular complexity index is 2010. The van der Waals surface area contributed by atoms with Crippen LogP contribution < -0.4 is 10.1 Å². The first-order chi connectivity index (χ1) is 20.8. The van der Waals surface area contributed by atoms with Crippen LogP contribution in [0.5, 0.6) is 5.75 Å². The molecule has 0 fully saturated rings. The fraction of sp³-hybridized carbons (Fsp3) is 0.0556. The van der Waals surface area contributed by atoms with Crippen LogP contribution in [-0.4, -0.2) is 17.9 Å². The SMILES string of the molecule is O=C1c2ccccc2C(=O)c2c1ccc1c2NC(c2ccc(OC(F)(F)F)cc2)=CC12c1ccccc1-c1ccccc12. The number of nitrogens with one attached hydrogen (secondary N) is 1. The molecule has 0 saturated carbocycles. The fourth-order valence-corrected chi connectivity index (χ4v) is 6.82. The van der Waals surface area contributed by atoms with Gasteiger partial charge in [0.15, 0.2) is 11.6 Å². The van der Waals surface area contributed by atoms with Gasteiger partial charge in [0.1, 0.15) is 5.75 Å². The summed E-state index contributed by atoms with van der Waals surface area (Å²) in [5.74, 6) is -0.839. The molecule has 0 unspecified atom stereocenters. The molecule has 0 aromatic heterocycles. The number of benzene rings is 5. The Hall–Kier alpha value is -5.43. The van der Waals surface area contributed by atoms with E-state index in [1.165, 1.54) is 12.1 Å². The zero-order chi connectivity index (χ0) is 29.5. The van der Waals surface area contributed by atoms with Gasteiger partial charge in [-0.15, -0.1) is 13.2 Å². The summed E-state index contributed by atoms with van der Waals surface area (Å²) in [4.78, 5) is 27.8. The minimum Gasteiger partial charge on any atom is -0.406 e. The average molecular weight is 572 g/mol. The molecule has 0 atom stereocenters. The molecule has 0 saturated heterocycles. The quantitative estimate of drug-likeness (QED) is 0.228. The molecular weight excluding hydrogens is 551 g/mol. The Morgan fingerprint density at radius 1 is 0.581 bits per heavy atom. The van der Waals surface area contributed by atoms with Gasteiger partial charge in [0.25, 0.3) is 0 Å². The first-order valence-electron chi connectivity index (χ1n) is 13.7. The second-order valence-electron chi connectivity index (χ2n) is 10.8. The zero-order valence-corrected chi connectivity index (χ0v) is 22.3. The van der Waals surface area contributed by atoms with E-state index in [0.29, 0.717) is 33.6 Å². The highest BCUT2D eigenvalue weighted by molar-refractivity contribution is 6.30. The van der Waals surface area contributed by atoms with Crippen molar-refractivity contribution < 1.29 is 27.5 Å². The third-order valence-electron chi connectivity index (χ3n) is 8.53. The topological polar surface area (TPSA) is 55.4 Å². The third-order valence-corrected chi connectivity index (χ3v) is 8.53. The Balaban J connectivity index is 1.41. The summed E-state index contributed by atoms with van der Waals surface area (Å²) in [7, 11) is 0. The van der Waals surface area contributed by atoms with Crippen LogP contribution in [-0.2, 0) is 5.41 Å². The number of carbonyl (C=O) groups excluding carboxylic acids is 2. The molecule has 3 aliphatic rings. The van der Waals surface area contributed by atoms with Crippen LogP contribution >= 0.6 is 0 Å². The number of alkyl halides is 3. The molecular formula is C36H20F3NO3. The molecule has 1 N–H and O–H groups in total. The van der Waals surface area contributed by atoms with Crippen molar-refractivity contribution in [3.05, 3.63) is 160 Å². The van der Waals surface area contributed by atoms with Gasteiger partial charge in [-0.25, -0.2) is 0 Å². The van der Waals surface area contributed by atoms with Crippen molar-refractivity contribution in [2.24, 2.45) is 0 Å². The van der Waals surface area contributed by atoms with Crippen molar-refractivity contribution in [1.82, 2.24) is 0 Å². The van der Waals surface area contributed by atoms with E-state index in [1.807, 2.05) is 30.3 Å². The molecule has 5 aromatic carbocycles. The smallest absolute Gasteiger partial charge is 0.406 e. The van der Waals surface area contributed by atoms with Crippen molar-refractivity contribution >= 4 is 23.0 Å². The maximum atomic E-state index is 14.1. The normalized spacial score (nSPS) is 15.5. The lowest BCUT2D eigenvalue weighted by Crippen LogP contribution is -2.33. The minimum absolute atomic E-state index is 0.235. The molecule has 7 heteroatoms. The van der Waals surface area contributed by atoms with Crippen molar-refractivity contribution in [2.75, 3.05) is 5.32 Å². The highest BCUT2D eigenvalue weighted by atomic mass is 19.4. The molecule has 0 bridgehead atoms. The van der Waals surface area contributed by atoms with Crippen molar-refractivity contribution in [3.63, 3.8) is 0 Å². The molecule has 0 radical (unpaired) electrons.